The second-order valence-electron chi connectivity index (χ2n) is 6.21. The van der Waals surface area contributed by atoms with Crippen molar-refractivity contribution in [2.45, 2.75) is 26.2 Å². The zero-order chi connectivity index (χ0) is 18.7. The van der Waals surface area contributed by atoms with Crippen molar-refractivity contribution in [2.75, 3.05) is 12.4 Å². The molecule has 136 valence electrons. The molecule has 8 heteroatoms. The minimum Gasteiger partial charge on any atom is -0.465 e. The average Bonchev–Trinajstić information content (AvgIpc) is 3.02. The molecule has 6 nitrogen and oxygen atoms in total. The van der Waals surface area contributed by atoms with Gasteiger partial charge >= 0.3 is 5.97 Å². The maximum Gasteiger partial charge on any atom is 0.337 e. The molecule has 1 aromatic heterocycles. The Morgan fingerprint density at radius 2 is 1.96 bits per heavy atom. The molecule has 0 bridgehead atoms. The summed E-state index contributed by atoms with van der Waals surface area (Å²) in [5, 5.41) is 6.52. The van der Waals surface area contributed by atoms with E-state index in [1.807, 2.05) is 0 Å². The van der Waals surface area contributed by atoms with Crippen LogP contribution in [0.4, 0.5) is 5.13 Å². The number of anilines is 1. The van der Waals surface area contributed by atoms with Crippen molar-refractivity contribution in [1.82, 2.24) is 10.3 Å². The van der Waals surface area contributed by atoms with E-state index in [9.17, 15) is 9.59 Å². The number of hydrogen-bond acceptors (Lipinski definition) is 6. The molecule has 2 N–H and O–H groups in total. The van der Waals surface area contributed by atoms with E-state index >= 15 is 0 Å². The number of thiocarbonyl (C=S) groups is 1. The van der Waals surface area contributed by atoms with Gasteiger partial charge in [-0.15, -0.1) is 11.3 Å². The molecule has 1 aliphatic carbocycles. The van der Waals surface area contributed by atoms with E-state index in [1.54, 1.807) is 23.5 Å². The van der Waals surface area contributed by atoms with Gasteiger partial charge < -0.3 is 10.1 Å². The van der Waals surface area contributed by atoms with Crippen molar-refractivity contribution in [3.63, 3.8) is 0 Å². The Labute approximate surface area is 161 Å². The number of nitrogens with one attached hydrogen (secondary N) is 2. The molecule has 0 saturated carbocycles. The molecular formula is C18H19N3O3S2. The number of ether oxygens (including phenoxy) is 1. The number of fused-ring (bicyclic) bond motifs is 1. The van der Waals surface area contributed by atoms with E-state index in [-0.39, 0.29) is 11.0 Å². The number of thiazole rings is 1. The summed E-state index contributed by atoms with van der Waals surface area (Å²) in [5.74, 6) is -0.125. The van der Waals surface area contributed by atoms with Gasteiger partial charge in [0.25, 0.3) is 5.91 Å². The second-order valence-corrected chi connectivity index (χ2v) is 7.71. The number of esters is 1. The Morgan fingerprint density at radius 3 is 2.65 bits per heavy atom. The molecule has 0 radical (unpaired) electrons. The van der Waals surface area contributed by atoms with Crippen molar-refractivity contribution >= 4 is 45.7 Å². The van der Waals surface area contributed by atoms with E-state index in [0.717, 1.165) is 25.0 Å². The average molecular weight is 390 g/mol. The van der Waals surface area contributed by atoms with Crippen molar-refractivity contribution in [3.05, 3.63) is 46.0 Å². The number of aromatic nitrogens is 1. The van der Waals surface area contributed by atoms with Gasteiger partial charge in [-0.1, -0.05) is 6.92 Å². The molecule has 0 saturated heterocycles. The van der Waals surface area contributed by atoms with Crippen molar-refractivity contribution in [3.8, 4) is 0 Å². The van der Waals surface area contributed by atoms with E-state index in [1.165, 1.54) is 24.1 Å². The number of nitrogens with zero attached hydrogens (tertiary/aromatic N) is 1. The molecule has 1 aromatic carbocycles. The molecule has 0 aliphatic heterocycles. The quantitative estimate of drug-likeness (QED) is 0.620. The summed E-state index contributed by atoms with van der Waals surface area (Å²) in [5.41, 5.74) is 1.91. The summed E-state index contributed by atoms with van der Waals surface area (Å²) < 4.78 is 4.63. The minimum absolute atomic E-state index is 0.200. The van der Waals surface area contributed by atoms with Gasteiger partial charge in [-0.2, -0.15) is 0 Å². The van der Waals surface area contributed by atoms with Crippen molar-refractivity contribution in [1.29, 1.82) is 0 Å². The summed E-state index contributed by atoms with van der Waals surface area (Å²) in [7, 11) is 1.31. The Kier molecular flexibility index (Phi) is 5.63. The molecule has 0 unspecified atom stereocenters. The monoisotopic (exact) mass is 389 g/mol. The Hall–Kier alpha value is -2.32. The van der Waals surface area contributed by atoms with Crippen LogP contribution < -0.4 is 10.6 Å². The molecular weight excluding hydrogens is 370 g/mol. The summed E-state index contributed by atoms with van der Waals surface area (Å²) in [6.45, 7) is 2.24. The molecule has 3 rings (SSSR count). The number of benzene rings is 1. The van der Waals surface area contributed by atoms with Crippen LogP contribution in [0.15, 0.2) is 24.3 Å². The maximum absolute atomic E-state index is 12.3. The predicted molar refractivity (Wildman–Crippen MR) is 105 cm³/mol. The van der Waals surface area contributed by atoms with Gasteiger partial charge in [-0.25, -0.2) is 9.78 Å². The first-order chi connectivity index (χ1) is 12.5. The Bertz CT molecular complexity index is 846. The lowest BCUT2D eigenvalue weighted by Crippen LogP contribution is -2.34. The normalized spacial score (nSPS) is 15.7. The predicted octanol–water partition coefficient (Wildman–Crippen LogP) is 3.18. The largest absolute Gasteiger partial charge is 0.465 e. The van der Waals surface area contributed by atoms with Crippen molar-refractivity contribution < 1.29 is 14.3 Å². The first-order valence-corrected chi connectivity index (χ1v) is 9.48. The Morgan fingerprint density at radius 1 is 1.27 bits per heavy atom. The fraction of sp³-hybridized carbons (Fsp3) is 0.333. The van der Waals surface area contributed by atoms with Crippen LogP contribution in [-0.4, -0.2) is 29.1 Å². The van der Waals surface area contributed by atoms with E-state index in [2.05, 4.69) is 27.3 Å². The van der Waals surface area contributed by atoms with Crippen LogP contribution >= 0.6 is 23.6 Å². The zero-order valence-corrected chi connectivity index (χ0v) is 16.1. The standard InChI is InChI=1S/C18H19N3O3S2/c1-10-3-8-13-14(9-10)26-18(19-13)21-17(25)20-15(22)11-4-6-12(7-5-11)16(23)24-2/h4-7,10H,3,8-9H2,1-2H3,(H2,19,20,21,22,25)/t10-/m0/s1. The number of carbonyl (C=O) groups is 2. The molecule has 0 spiro atoms. The lowest BCUT2D eigenvalue weighted by atomic mass is 9.93. The number of aryl methyl sites for hydroxylation is 1. The SMILES string of the molecule is COC(=O)c1ccc(C(=O)NC(=S)Nc2nc3c(s2)C[C@@H](C)CC3)cc1. The van der Waals surface area contributed by atoms with Crippen LogP contribution in [-0.2, 0) is 17.6 Å². The first-order valence-electron chi connectivity index (χ1n) is 8.25. The van der Waals surface area contributed by atoms with E-state index in [0.29, 0.717) is 22.2 Å². The minimum atomic E-state index is -0.448. The summed E-state index contributed by atoms with van der Waals surface area (Å²) in [6, 6.07) is 6.17. The number of hydrogen-bond donors (Lipinski definition) is 2. The van der Waals surface area contributed by atoms with Gasteiger partial charge in [0.05, 0.1) is 18.4 Å². The molecule has 1 aliphatic rings. The third-order valence-electron chi connectivity index (χ3n) is 4.20. The fourth-order valence-corrected chi connectivity index (χ4v) is 4.20. The fourth-order valence-electron chi connectivity index (χ4n) is 2.77. The lowest BCUT2D eigenvalue weighted by Gasteiger charge is -2.15. The Balaban J connectivity index is 1.59. The highest BCUT2D eigenvalue weighted by Gasteiger charge is 2.20. The van der Waals surface area contributed by atoms with Crippen LogP contribution in [0.25, 0.3) is 0 Å². The van der Waals surface area contributed by atoms with E-state index < -0.39 is 5.97 Å². The molecule has 1 heterocycles. The van der Waals surface area contributed by atoms with Gasteiger partial charge in [-0.3, -0.25) is 10.1 Å². The smallest absolute Gasteiger partial charge is 0.337 e. The van der Waals surface area contributed by atoms with Gasteiger partial charge in [0.15, 0.2) is 10.2 Å². The maximum atomic E-state index is 12.3. The number of carbonyl (C=O) groups excluding carboxylic acids is 2. The molecule has 0 fully saturated rings. The summed E-state index contributed by atoms with van der Waals surface area (Å²) >= 11 is 6.80. The van der Waals surface area contributed by atoms with Gasteiger partial charge in [-0.05, 0) is 61.7 Å². The van der Waals surface area contributed by atoms with Gasteiger partial charge in [0.2, 0.25) is 0 Å². The number of rotatable bonds is 3. The zero-order valence-electron chi connectivity index (χ0n) is 14.5. The topological polar surface area (TPSA) is 80.3 Å². The highest BCUT2D eigenvalue weighted by Crippen LogP contribution is 2.32. The van der Waals surface area contributed by atoms with Crippen LogP contribution in [0.3, 0.4) is 0 Å². The van der Waals surface area contributed by atoms with Gasteiger partial charge in [0.1, 0.15) is 0 Å². The van der Waals surface area contributed by atoms with Gasteiger partial charge in [0, 0.05) is 10.4 Å². The first kappa shape index (κ1) is 18.5. The lowest BCUT2D eigenvalue weighted by molar-refractivity contribution is 0.0600. The van der Waals surface area contributed by atoms with Crippen LogP contribution in [0.1, 0.15) is 44.6 Å². The summed E-state index contributed by atoms with van der Waals surface area (Å²) in [4.78, 5) is 29.5. The van der Waals surface area contributed by atoms with Crippen LogP contribution in [0.5, 0.6) is 0 Å². The third kappa shape index (κ3) is 4.25. The van der Waals surface area contributed by atoms with Crippen molar-refractivity contribution in [2.24, 2.45) is 5.92 Å². The van der Waals surface area contributed by atoms with Crippen LogP contribution in [0.2, 0.25) is 0 Å². The highest BCUT2D eigenvalue weighted by molar-refractivity contribution is 7.80. The molecule has 26 heavy (non-hydrogen) atoms. The second kappa shape index (κ2) is 7.92. The number of amides is 1. The third-order valence-corrected chi connectivity index (χ3v) is 5.44. The molecule has 1 amide bonds. The molecule has 1 atom stereocenters. The highest BCUT2D eigenvalue weighted by atomic mass is 32.1. The molecule has 2 aromatic rings. The van der Waals surface area contributed by atoms with Crippen LogP contribution in [0, 0.1) is 5.92 Å². The van der Waals surface area contributed by atoms with E-state index in [4.69, 9.17) is 12.2 Å². The number of methoxy groups -OCH3 is 1. The summed E-state index contributed by atoms with van der Waals surface area (Å²) in [6.07, 6.45) is 3.18.